The van der Waals surface area contributed by atoms with Gasteiger partial charge in [-0.05, 0) is 67.9 Å². The van der Waals surface area contributed by atoms with Crippen LogP contribution in [0.2, 0.25) is 0 Å². The van der Waals surface area contributed by atoms with Crippen LogP contribution in [-0.2, 0) is 16.1 Å². The van der Waals surface area contributed by atoms with Crippen molar-refractivity contribution in [2.45, 2.75) is 20.4 Å². The number of benzene rings is 2. The van der Waals surface area contributed by atoms with Crippen LogP contribution in [0.5, 0.6) is 11.5 Å². The van der Waals surface area contributed by atoms with Crippen molar-refractivity contribution < 1.29 is 14.3 Å². The van der Waals surface area contributed by atoms with Crippen molar-refractivity contribution in [2.24, 2.45) is 5.41 Å². The Labute approximate surface area is 169 Å². The van der Waals surface area contributed by atoms with Crippen LogP contribution >= 0.6 is 0 Å². The van der Waals surface area contributed by atoms with Crippen molar-refractivity contribution >= 4 is 17.5 Å². The summed E-state index contributed by atoms with van der Waals surface area (Å²) in [5.41, 5.74) is 0.274. The van der Waals surface area contributed by atoms with Crippen molar-refractivity contribution in [3.05, 3.63) is 84.7 Å². The molecule has 3 aromatic rings. The molecule has 0 saturated carbocycles. The molecule has 6 heteroatoms. The molecule has 0 atom stereocenters. The van der Waals surface area contributed by atoms with Crippen LogP contribution in [0.25, 0.3) is 0 Å². The van der Waals surface area contributed by atoms with Crippen molar-refractivity contribution in [1.29, 1.82) is 0 Å². The van der Waals surface area contributed by atoms with E-state index in [0.717, 1.165) is 11.3 Å². The van der Waals surface area contributed by atoms with Gasteiger partial charge >= 0.3 is 0 Å². The number of nitrogens with one attached hydrogen (secondary N) is 2. The summed E-state index contributed by atoms with van der Waals surface area (Å²) in [4.78, 5) is 29.1. The molecule has 0 aliphatic carbocycles. The fourth-order valence-corrected chi connectivity index (χ4v) is 2.53. The highest BCUT2D eigenvalue weighted by Crippen LogP contribution is 2.24. The Balaban J connectivity index is 1.57. The van der Waals surface area contributed by atoms with Gasteiger partial charge in [-0.2, -0.15) is 0 Å². The first-order valence-corrected chi connectivity index (χ1v) is 9.27. The van der Waals surface area contributed by atoms with E-state index in [-0.39, 0.29) is 11.8 Å². The number of amides is 2. The number of para-hydroxylation sites is 1. The molecule has 2 aromatic carbocycles. The minimum atomic E-state index is -1.23. The molecule has 148 valence electrons. The molecule has 29 heavy (non-hydrogen) atoms. The number of rotatable bonds is 7. The summed E-state index contributed by atoms with van der Waals surface area (Å²) in [5, 5.41) is 5.58. The van der Waals surface area contributed by atoms with Crippen LogP contribution in [0.4, 0.5) is 5.69 Å². The molecule has 1 heterocycles. The number of aromatic nitrogens is 1. The van der Waals surface area contributed by atoms with Gasteiger partial charge in [0.1, 0.15) is 16.9 Å². The lowest BCUT2D eigenvalue weighted by Gasteiger charge is -2.23. The molecule has 0 spiro atoms. The fourth-order valence-electron chi connectivity index (χ4n) is 2.53. The summed E-state index contributed by atoms with van der Waals surface area (Å²) in [7, 11) is 0. The fraction of sp³-hybridized carbons (Fsp3) is 0.174. The van der Waals surface area contributed by atoms with Gasteiger partial charge in [0.25, 0.3) is 0 Å². The number of anilines is 1. The number of hydrogen-bond donors (Lipinski definition) is 2. The van der Waals surface area contributed by atoms with Crippen LogP contribution in [-0.4, -0.2) is 16.8 Å². The van der Waals surface area contributed by atoms with E-state index < -0.39 is 5.41 Å². The predicted octanol–water partition coefficient (Wildman–Crippen LogP) is 4.16. The van der Waals surface area contributed by atoms with E-state index in [0.29, 0.717) is 18.0 Å². The van der Waals surface area contributed by atoms with Gasteiger partial charge in [0.2, 0.25) is 11.8 Å². The third kappa shape index (κ3) is 5.42. The Morgan fingerprint density at radius 2 is 1.48 bits per heavy atom. The molecule has 0 fully saturated rings. The number of ether oxygens (including phenoxy) is 1. The minimum absolute atomic E-state index is 0.337. The predicted molar refractivity (Wildman–Crippen MR) is 111 cm³/mol. The molecule has 0 aliphatic rings. The van der Waals surface area contributed by atoms with Gasteiger partial charge < -0.3 is 15.4 Å². The van der Waals surface area contributed by atoms with Gasteiger partial charge in [-0.1, -0.05) is 18.2 Å². The van der Waals surface area contributed by atoms with Gasteiger partial charge in [0.05, 0.1) is 0 Å². The van der Waals surface area contributed by atoms with Crippen molar-refractivity contribution in [1.82, 2.24) is 10.3 Å². The van der Waals surface area contributed by atoms with Gasteiger partial charge in [-0.3, -0.25) is 14.6 Å². The summed E-state index contributed by atoms with van der Waals surface area (Å²) in [5.74, 6) is 0.650. The highest BCUT2D eigenvalue weighted by molar-refractivity contribution is 6.09. The summed E-state index contributed by atoms with van der Waals surface area (Å²) < 4.78 is 5.74. The first kappa shape index (κ1) is 20.1. The Bertz CT molecular complexity index is 956. The number of carbonyl (C=O) groups excluding carboxylic acids is 2. The zero-order chi connectivity index (χ0) is 20.7. The van der Waals surface area contributed by atoms with E-state index in [1.165, 1.54) is 0 Å². The molecule has 0 unspecified atom stereocenters. The summed E-state index contributed by atoms with van der Waals surface area (Å²) in [6.07, 6.45) is 3.31. The largest absolute Gasteiger partial charge is 0.457 e. The first-order valence-electron chi connectivity index (χ1n) is 9.27. The Morgan fingerprint density at radius 3 is 2.14 bits per heavy atom. The van der Waals surface area contributed by atoms with Gasteiger partial charge in [-0.15, -0.1) is 0 Å². The number of pyridine rings is 1. The molecular formula is C23H23N3O3. The Morgan fingerprint density at radius 1 is 0.862 bits per heavy atom. The molecule has 6 nitrogen and oxygen atoms in total. The number of hydrogen-bond acceptors (Lipinski definition) is 4. The van der Waals surface area contributed by atoms with Crippen LogP contribution < -0.4 is 15.4 Å². The van der Waals surface area contributed by atoms with Gasteiger partial charge in [0, 0.05) is 24.6 Å². The number of nitrogens with zero attached hydrogens (tertiary/aromatic N) is 1. The second-order valence-electron chi connectivity index (χ2n) is 7.06. The van der Waals surface area contributed by atoms with E-state index in [9.17, 15) is 9.59 Å². The molecule has 3 rings (SSSR count). The number of carbonyl (C=O) groups is 2. The standard InChI is InChI=1S/C23H23N3O3/c1-23(2,21(27)25-16-17-12-14-24-15-13-17)22(28)26-18-8-10-20(11-9-18)29-19-6-4-3-5-7-19/h3-15H,16H2,1-2H3,(H,25,27)(H,26,28). The highest BCUT2D eigenvalue weighted by atomic mass is 16.5. The Hall–Kier alpha value is -3.67. The van der Waals surface area contributed by atoms with Crippen LogP contribution in [0.15, 0.2) is 79.1 Å². The zero-order valence-corrected chi connectivity index (χ0v) is 16.4. The monoisotopic (exact) mass is 389 g/mol. The maximum Gasteiger partial charge on any atom is 0.239 e. The van der Waals surface area contributed by atoms with E-state index in [1.54, 1.807) is 50.5 Å². The summed E-state index contributed by atoms with van der Waals surface area (Å²) in [6, 6.07) is 20.1. The van der Waals surface area contributed by atoms with E-state index in [2.05, 4.69) is 15.6 Å². The van der Waals surface area contributed by atoms with Gasteiger partial charge in [-0.25, -0.2) is 0 Å². The lowest BCUT2D eigenvalue weighted by Crippen LogP contribution is -2.44. The third-order valence-electron chi connectivity index (χ3n) is 4.43. The third-order valence-corrected chi connectivity index (χ3v) is 4.43. The van der Waals surface area contributed by atoms with Gasteiger partial charge in [0.15, 0.2) is 0 Å². The topological polar surface area (TPSA) is 80.3 Å². The summed E-state index contributed by atoms with van der Waals surface area (Å²) >= 11 is 0. The van der Waals surface area contributed by atoms with Crippen LogP contribution in [0.3, 0.4) is 0 Å². The van der Waals surface area contributed by atoms with E-state index in [1.807, 2.05) is 42.5 Å². The lowest BCUT2D eigenvalue weighted by molar-refractivity contribution is -0.138. The normalized spacial score (nSPS) is 10.8. The molecule has 0 saturated heterocycles. The second-order valence-corrected chi connectivity index (χ2v) is 7.06. The van der Waals surface area contributed by atoms with Crippen LogP contribution in [0.1, 0.15) is 19.4 Å². The first-order chi connectivity index (χ1) is 13.9. The van der Waals surface area contributed by atoms with Crippen molar-refractivity contribution in [3.8, 4) is 11.5 Å². The SMILES string of the molecule is CC(C)(C(=O)NCc1ccncc1)C(=O)Nc1ccc(Oc2ccccc2)cc1. The van der Waals surface area contributed by atoms with E-state index >= 15 is 0 Å². The van der Waals surface area contributed by atoms with E-state index in [4.69, 9.17) is 4.74 Å². The maximum absolute atomic E-state index is 12.6. The minimum Gasteiger partial charge on any atom is -0.457 e. The van der Waals surface area contributed by atoms with Crippen molar-refractivity contribution in [3.63, 3.8) is 0 Å². The second kappa shape index (κ2) is 9.01. The maximum atomic E-state index is 12.6. The smallest absolute Gasteiger partial charge is 0.239 e. The average Bonchev–Trinajstić information content (AvgIpc) is 2.74. The molecule has 0 aliphatic heterocycles. The quantitative estimate of drug-likeness (QED) is 0.595. The molecule has 2 amide bonds. The molecular weight excluding hydrogens is 366 g/mol. The summed E-state index contributed by atoms with van der Waals surface area (Å²) in [6.45, 7) is 3.53. The molecule has 2 N–H and O–H groups in total. The average molecular weight is 389 g/mol. The lowest BCUT2D eigenvalue weighted by atomic mass is 9.91. The molecule has 0 bridgehead atoms. The molecule has 1 aromatic heterocycles. The Kier molecular flexibility index (Phi) is 6.24. The zero-order valence-electron chi connectivity index (χ0n) is 16.4. The van der Waals surface area contributed by atoms with Crippen molar-refractivity contribution in [2.75, 3.05) is 5.32 Å². The molecule has 0 radical (unpaired) electrons. The highest BCUT2D eigenvalue weighted by Gasteiger charge is 2.35. The van der Waals surface area contributed by atoms with Crippen LogP contribution in [0, 0.1) is 5.41 Å².